The lowest BCUT2D eigenvalue weighted by Gasteiger charge is -2.20. The first kappa shape index (κ1) is 14.0. The Morgan fingerprint density at radius 2 is 2.16 bits per heavy atom. The molecule has 1 aromatic rings. The molecule has 0 saturated carbocycles. The summed E-state index contributed by atoms with van der Waals surface area (Å²) in [5.41, 5.74) is 3.35. The number of hydrogen-bond donors (Lipinski definition) is 1. The number of likely N-dealkylation sites (N-methyl/N-ethyl adjacent to an activating group) is 1. The summed E-state index contributed by atoms with van der Waals surface area (Å²) in [5.74, 6) is -0.0511. The first-order valence-corrected chi connectivity index (χ1v) is 6.66. The van der Waals surface area contributed by atoms with Crippen LogP contribution in [0.25, 0.3) is 0 Å². The number of aliphatic hydroxyl groups excluding tert-OH is 1. The van der Waals surface area contributed by atoms with Crippen LogP contribution in [0, 0.1) is 0 Å². The van der Waals surface area contributed by atoms with E-state index in [9.17, 15) is 9.90 Å². The fourth-order valence-electron chi connectivity index (χ4n) is 2.57. The molecule has 0 saturated heterocycles. The lowest BCUT2D eigenvalue weighted by Crippen LogP contribution is -2.36. The minimum Gasteiger partial charge on any atom is -0.389 e. The van der Waals surface area contributed by atoms with Crippen LogP contribution in [0.3, 0.4) is 0 Å². The van der Waals surface area contributed by atoms with Crippen molar-refractivity contribution in [1.29, 1.82) is 0 Å². The van der Waals surface area contributed by atoms with Crippen molar-refractivity contribution in [2.45, 2.75) is 25.4 Å². The van der Waals surface area contributed by atoms with E-state index in [4.69, 9.17) is 4.74 Å². The number of fused-ring (bicyclic) bond motifs is 1. The number of hydrogen-bond acceptors (Lipinski definition) is 3. The summed E-state index contributed by atoms with van der Waals surface area (Å²) >= 11 is 0. The summed E-state index contributed by atoms with van der Waals surface area (Å²) in [7, 11) is 3.24. The minimum absolute atomic E-state index is 0.0511. The number of ether oxygens (including phenoxy) is 1. The van der Waals surface area contributed by atoms with Crippen LogP contribution < -0.4 is 0 Å². The lowest BCUT2D eigenvalue weighted by molar-refractivity contribution is 0.0380. The SMILES string of the molecule is COCC(O)CN(C)C(=O)c1ccc2c(c1)CCC2. The number of carbonyl (C=O) groups is 1. The van der Waals surface area contributed by atoms with Gasteiger partial charge in [-0.2, -0.15) is 0 Å². The smallest absolute Gasteiger partial charge is 0.253 e. The van der Waals surface area contributed by atoms with E-state index in [0.29, 0.717) is 5.56 Å². The van der Waals surface area contributed by atoms with Gasteiger partial charge in [-0.05, 0) is 42.5 Å². The molecule has 19 heavy (non-hydrogen) atoms. The Kier molecular flexibility index (Phi) is 4.56. The average Bonchev–Trinajstić information content (AvgIpc) is 2.85. The number of methoxy groups -OCH3 is 1. The highest BCUT2D eigenvalue weighted by atomic mass is 16.5. The van der Waals surface area contributed by atoms with Gasteiger partial charge in [0.05, 0.1) is 12.7 Å². The van der Waals surface area contributed by atoms with E-state index in [-0.39, 0.29) is 19.1 Å². The van der Waals surface area contributed by atoms with Crippen molar-refractivity contribution in [1.82, 2.24) is 4.90 Å². The number of aryl methyl sites for hydroxylation is 2. The second-order valence-corrected chi connectivity index (χ2v) is 5.13. The second kappa shape index (κ2) is 6.17. The van der Waals surface area contributed by atoms with Gasteiger partial charge in [-0.1, -0.05) is 6.07 Å². The fourth-order valence-corrected chi connectivity index (χ4v) is 2.57. The van der Waals surface area contributed by atoms with Gasteiger partial charge in [0.25, 0.3) is 5.91 Å². The van der Waals surface area contributed by atoms with Crippen LogP contribution in [0.15, 0.2) is 18.2 Å². The Morgan fingerprint density at radius 3 is 2.89 bits per heavy atom. The van der Waals surface area contributed by atoms with Gasteiger partial charge < -0.3 is 14.7 Å². The van der Waals surface area contributed by atoms with Gasteiger partial charge in [0, 0.05) is 26.3 Å². The number of nitrogens with zero attached hydrogens (tertiary/aromatic N) is 1. The Bertz CT molecular complexity index is 459. The highest BCUT2D eigenvalue weighted by Crippen LogP contribution is 2.23. The predicted octanol–water partition coefficient (Wildman–Crippen LogP) is 1.25. The molecule has 2 rings (SSSR count). The monoisotopic (exact) mass is 263 g/mol. The van der Waals surface area contributed by atoms with Crippen molar-refractivity contribution in [2.24, 2.45) is 0 Å². The van der Waals surface area contributed by atoms with Crippen molar-refractivity contribution in [2.75, 3.05) is 27.3 Å². The molecule has 0 fully saturated rings. The highest BCUT2D eigenvalue weighted by Gasteiger charge is 2.18. The molecule has 0 aliphatic heterocycles. The van der Waals surface area contributed by atoms with Crippen molar-refractivity contribution in [3.8, 4) is 0 Å². The van der Waals surface area contributed by atoms with Gasteiger partial charge in [0.2, 0.25) is 0 Å². The van der Waals surface area contributed by atoms with E-state index in [1.54, 1.807) is 11.9 Å². The molecule has 1 aliphatic carbocycles. The highest BCUT2D eigenvalue weighted by molar-refractivity contribution is 5.94. The molecule has 1 atom stereocenters. The van der Waals surface area contributed by atoms with Crippen LogP contribution in [0.2, 0.25) is 0 Å². The van der Waals surface area contributed by atoms with E-state index in [0.717, 1.165) is 12.8 Å². The van der Waals surface area contributed by atoms with Crippen LogP contribution in [-0.2, 0) is 17.6 Å². The molecule has 104 valence electrons. The zero-order chi connectivity index (χ0) is 13.8. The van der Waals surface area contributed by atoms with Crippen molar-refractivity contribution in [3.63, 3.8) is 0 Å². The molecule has 0 radical (unpaired) electrons. The zero-order valence-electron chi connectivity index (χ0n) is 11.6. The van der Waals surface area contributed by atoms with Crippen molar-refractivity contribution < 1.29 is 14.6 Å². The number of carbonyl (C=O) groups excluding carboxylic acids is 1. The number of rotatable bonds is 5. The molecule has 1 N–H and O–H groups in total. The van der Waals surface area contributed by atoms with Crippen molar-refractivity contribution in [3.05, 3.63) is 34.9 Å². The summed E-state index contributed by atoms with van der Waals surface area (Å²) in [4.78, 5) is 13.8. The third kappa shape index (κ3) is 3.33. The van der Waals surface area contributed by atoms with Crippen LogP contribution in [-0.4, -0.2) is 49.3 Å². The number of aliphatic hydroxyl groups is 1. The molecular weight excluding hydrogens is 242 g/mol. The van der Waals surface area contributed by atoms with Crippen LogP contribution in [0.4, 0.5) is 0 Å². The Hall–Kier alpha value is -1.39. The summed E-state index contributed by atoms with van der Waals surface area (Å²) < 4.78 is 4.86. The van der Waals surface area contributed by atoms with Crippen molar-refractivity contribution >= 4 is 5.91 Å². The molecular formula is C15H21NO3. The molecule has 1 amide bonds. The van der Waals surface area contributed by atoms with Gasteiger partial charge >= 0.3 is 0 Å². The predicted molar refractivity (Wildman–Crippen MR) is 73.3 cm³/mol. The molecule has 1 aromatic carbocycles. The zero-order valence-corrected chi connectivity index (χ0v) is 11.6. The maximum absolute atomic E-state index is 12.3. The molecule has 1 aliphatic rings. The second-order valence-electron chi connectivity index (χ2n) is 5.13. The normalized spacial score (nSPS) is 15.1. The van der Waals surface area contributed by atoms with Gasteiger partial charge in [-0.25, -0.2) is 0 Å². The van der Waals surface area contributed by atoms with E-state index in [1.807, 2.05) is 12.1 Å². The van der Waals surface area contributed by atoms with Crippen LogP contribution >= 0.6 is 0 Å². The standard InChI is InChI=1S/C15H21NO3/c1-16(9-14(17)10-19-2)15(18)13-7-6-11-4-3-5-12(11)8-13/h6-8,14,17H,3-5,9-10H2,1-2H3. The van der Waals surface area contributed by atoms with Crippen LogP contribution in [0.1, 0.15) is 27.9 Å². The Labute approximate surface area is 114 Å². The fraction of sp³-hybridized carbons (Fsp3) is 0.533. The number of amides is 1. The lowest BCUT2D eigenvalue weighted by atomic mass is 10.1. The topological polar surface area (TPSA) is 49.8 Å². The van der Waals surface area contributed by atoms with E-state index in [2.05, 4.69) is 6.07 Å². The maximum Gasteiger partial charge on any atom is 0.253 e. The quantitative estimate of drug-likeness (QED) is 0.870. The first-order chi connectivity index (χ1) is 9.11. The van der Waals surface area contributed by atoms with E-state index in [1.165, 1.54) is 24.7 Å². The Balaban J connectivity index is 2.02. The van der Waals surface area contributed by atoms with E-state index < -0.39 is 6.10 Å². The van der Waals surface area contributed by atoms with Gasteiger partial charge in [0.15, 0.2) is 0 Å². The number of benzene rings is 1. The van der Waals surface area contributed by atoms with E-state index >= 15 is 0 Å². The third-order valence-corrected chi connectivity index (χ3v) is 3.54. The van der Waals surface area contributed by atoms with Gasteiger partial charge in [0.1, 0.15) is 0 Å². The molecule has 0 bridgehead atoms. The third-order valence-electron chi connectivity index (χ3n) is 3.54. The minimum atomic E-state index is -0.645. The van der Waals surface area contributed by atoms with Crippen LogP contribution in [0.5, 0.6) is 0 Å². The molecule has 0 heterocycles. The van der Waals surface area contributed by atoms with Gasteiger partial charge in [-0.15, -0.1) is 0 Å². The molecule has 1 unspecified atom stereocenters. The van der Waals surface area contributed by atoms with Gasteiger partial charge in [-0.3, -0.25) is 4.79 Å². The first-order valence-electron chi connectivity index (χ1n) is 6.66. The summed E-state index contributed by atoms with van der Waals surface area (Å²) in [6, 6.07) is 5.92. The maximum atomic E-state index is 12.3. The average molecular weight is 263 g/mol. The molecule has 4 heteroatoms. The molecule has 0 spiro atoms. The molecule has 0 aromatic heterocycles. The Morgan fingerprint density at radius 1 is 1.42 bits per heavy atom. The molecule has 4 nitrogen and oxygen atoms in total. The summed E-state index contributed by atoms with van der Waals surface area (Å²) in [6.07, 6.45) is 2.71. The largest absolute Gasteiger partial charge is 0.389 e. The summed E-state index contributed by atoms with van der Waals surface area (Å²) in [6.45, 7) is 0.519. The summed E-state index contributed by atoms with van der Waals surface area (Å²) in [5, 5.41) is 9.65.